The second-order valence-electron chi connectivity index (χ2n) is 5.25. The lowest BCUT2D eigenvalue weighted by molar-refractivity contribution is -0.116. The van der Waals surface area contributed by atoms with E-state index in [1.54, 1.807) is 42.5 Å². The highest BCUT2D eigenvalue weighted by Crippen LogP contribution is 2.31. The topological polar surface area (TPSA) is 58.6 Å². The highest BCUT2D eigenvalue weighted by atomic mass is 35.5. The van der Waals surface area contributed by atoms with Gasteiger partial charge in [0.2, 0.25) is 5.91 Å². The van der Waals surface area contributed by atoms with Crippen molar-refractivity contribution in [1.82, 2.24) is 5.32 Å². The first kappa shape index (κ1) is 19.1. The van der Waals surface area contributed by atoms with Gasteiger partial charge in [0, 0.05) is 35.6 Å². The van der Waals surface area contributed by atoms with Gasteiger partial charge in [-0.25, -0.2) is 0 Å². The van der Waals surface area contributed by atoms with E-state index in [0.29, 0.717) is 27.0 Å². The van der Waals surface area contributed by atoms with Crippen molar-refractivity contribution < 1.29 is 14.3 Å². The first-order chi connectivity index (χ1) is 11.9. The number of nitrogens with zero attached hydrogens (tertiary/aromatic N) is 1. The molecular weight excluding hydrogens is 363 g/mol. The fourth-order valence-electron chi connectivity index (χ4n) is 2.31. The molecule has 0 heterocycles. The predicted octanol–water partition coefficient (Wildman–Crippen LogP) is 3.78. The molecule has 2 rings (SSSR count). The minimum absolute atomic E-state index is 0.179. The molecule has 0 atom stereocenters. The molecule has 0 fully saturated rings. The average Bonchev–Trinajstić information content (AvgIpc) is 2.58. The summed E-state index contributed by atoms with van der Waals surface area (Å²) < 4.78 is 5.29. The Labute approximate surface area is 156 Å². The van der Waals surface area contributed by atoms with Gasteiger partial charge in [-0.05, 0) is 42.5 Å². The normalized spacial score (nSPS) is 10.2. The molecule has 1 N–H and O–H groups in total. The molecule has 0 bridgehead atoms. The van der Waals surface area contributed by atoms with E-state index in [0.717, 1.165) is 0 Å². The zero-order chi connectivity index (χ0) is 18.4. The number of amides is 2. The molecule has 0 aliphatic carbocycles. The Bertz CT molecular complexity index is 763. The molecule has 0 radical (unpaired) electrons. The van der Waals surface area contributed by atoms with Crippen molar-refractivity contribution >= 4 is 40.7 Å². The van der Waals surface area contributed by atoms with E-state index in [1.807, 2.05) is 0 Å². The number of benzene rings is 2. The SMILES string of the molecule is COc1ccc(Cl)cc1N(CCNC(=O)c1ccc(Cl)cc1)C(C)=O. The molecule has 0 unspecified atom stereocenters. The predicted molar refractivity (Wildman–Crippen MR) is 99.8 cm³/mol. The number of nitrogens with one attached hydrogen (secondary N) is 1. The molecule has 0 aliphatic heterocycles. The lowest BCUT2D eigenvalue weighted by Crippen LogP contribution is -2.37. The van der Waals surface area contributed by atoms with E-state index in [1.165, 1.54) is 18.9 Å². The third kappa shape index (κ3) is 5.11. The summed E-state index contributed by atoms with van der Waals surface area (Å²) in [5.41, 5.74) is 1.06. The standard InChI is InChI=1S/C18H18Cl2N2O3/c1-12(23)22(16-11-15(20)7-8-17(16)25-2)10-9-21-18(24)13-3-5-14(19)6-4-13/h3-8,11H,9-10H2,1-2H3,(H,21,24). The molecule has 132 valence electrons. The Balaban J connectivity index is 2.05. The second kappa shape index (κ2) is 8.74. The second-order valence-corrected chi connectivity index (χ2v) is 6.12. The summed E-state index contributed by atoms with van der Waals surface area (Å²) >= 11 is 11.8. The Morgan fingerprint density at radius 1 is 1.08 bits per heavy atom. The zero-order valence-electron chi connectivity index (χ0n) is 13.9. The Kier molecular flexibility index (Phi) is 6.67. The van der Waals surface area contributed by atoms with Gasteiger partial charge < -0.3 is 15.0 Å². The molecule has 2 aromatic rings. The third-order valence-electron chi connectivity index (χ3n) is 3.54. The summed E-state index contributed by atoms with van der Waals surface area (Å²) in [6.07, 6.45) is 0. The Morgan fingerprint density at radius 2 is 1.72 bits per heavy atom. The van der Waals surface area contributed by atoms with Crippen molar-refractivity contribution in [3.8, 4) is 5.75 Å². The summed E-state index contributed by atoms with van der Waals surface area (Å²) in [5.74, 6) is 0.114. The van der Waals surface area contributed by atoms with Crippen molar-refractivity contribution in [3.63, 3.8) is 0 Å². The fraction of sp³-hybridized carbons (Fsp3) is 0.222. The van der Waals surface area contributed by atoms with Gasteiger partial charge in [0.15, 0.2) is 0 Å². The smallest absolute Gasteiger partial charge is 0.251 e. The molecule has 0 spiro atoms. The number of carbonyl (C=O) groups is 2. The van der Waals surface area contributed by atoms with Crippen LogP contribution in [0, 0.1) is 0 Å². The van der Waals surface area contributed by atoms with Crippen LogP contribution in [-0.4, -0.2) is 32.0 Å². The minimum Gasteiger partial charge on any atom is -0.495 e. The van der Waals surface area contributed by atoms with E-state index >= 15 is 0 Å². The van der Waals surface area contributed by atoms with Crippen molar-refractivity contribution in [2.24, 2.45) is 0 Å². The first-order valence-corrected chi connectivity index (χ1v) is 8.33. The van der Waals surface area contributed by atoms with Crippen LogP contribution in [0.25, 0.3) is 0 Å². The van der Waals surface area contributed by atoms with Gasteiger partial charge in [-0.1, -0.05) is 23.2 Å². The Hall–Kier alpha value is -2.24. The fourth-order valence-corrected chi connectivity index (χ4v) is 2.60. The Morgan fingerprint density at radius 3 is 2.32 bits per heavy atom. The minimum atomic E-state index is -0.238. The number of hydrogen-bond acceptors (Lipinski definition) is 3. The lowest BCUT2D eigenvalue weighted by atomic mass is 10.2. The molecule has 0 saturated heterocycles. The van der Waals surface area contributed by atoms with Gasteiger partial charge in [0.05, 0.1) is 12.8 Å². The van der Waals surface area contributed by atoms with E-state index in [2.05, 4.69) is 5.32 Å². The molecule has 5 nitrogen and oxygen atoms in total. The van der Waals surface area contributed by atoms with Crippen molar-refractivity contribution in [1.29, 1.82) is 0 Å². The maximum atomic E-state index is 12.1. The highest BCUT2D eigenvalue weighted by molar-refractivity contribution is 6.31. The summed E-state index contributed by atoms with van der Waals surface area (Å²) in [7, 11) is 1.52. The number of anilines is 1. The van der Waals surface area contributed by atoms with E-state index in [4.69, 9.17) is 27.9 Å². The highest BCUT2D eigenvalue weighted by Gasteiger charge is 2.17. The summed E-state index contributed by atoms with van der Waals surface area (Å²) in [6, 6.07) is 11.6. The third-order valence-corrected chi connectivity index (χ3v) is 4.03. The van der Waals surface area contributed by atoms with Crippen LogP contribution in [0.3, 0.4) is 0 Å². The number of methoxy groups -OCH3 is 1. The van der Waals surface area contributed by atoms with Crippen LogP contribution >= 0.6 is 23.2 Å². The molecule has 0 aliphatic rings. The van der Waals surface area contributed by atoms with Crippen molar-refractivity contribution in [2.45, 2.75) is 6.92 Å². The van der Waals surface area contributed by atoms with Crippen LogP contribution in [0.1, 0.15) is 17.3 Å². The number of hydrogen-bond donors (Lipinski definition) is 1. The van der Waals surface area contributed by atoms with E-state index < -0.39 is 0 Å². The van der Waals surface area contributed by atoms with Gasteiger partial charge >= 0.3 is 0 Å². The monoisotopic (exact) mass is 380 g/mol. The summed E-state index contributed by atoms with van der Waals surface area (Å²) in [5, 5.41) is 3.83. The van der Waals surface area contributed by atoms with Gasteiger partial charge in [0.1, 0.15) is 5.75 Å². The van der Waals surface area contributed by atoms with Crippen LogP contribution in [0.4, 0.5) is 5.69 Å². The van der Waals surface area contributed by atoms with Crippen LogP contribution in [0.2, 0.25) is 10.0 Å². The molecule has 2 aromatic carbocycles. The number of carbonyl (C=O) groups excluding carboxylic acids is 2. The van der Waals surface area contributed by atoms with Gasteiger partial charge in [-0.3, -0.25) is 9.59 Å². The molecule has 0 aromatic heterocycles. The molecule has 2 amide bonds. The average molecular weight is 381 g/mol. The first-order valence-electron chi connectivity index (χ1n) is 7.57. The lowest BCUT2D eigenvalue weighted by Gasteiger charge is -2.23. The van der Waals surface area contributed by atoms with Gasteiger partial charge in [-0.2, -0.15) is 0 Å². The number of halogens is 2. The van der Waals surface area contributed by atoms with Gasteiger partial charge in [-0.15, -0.1) is 0 Å². The van der Waals surface area contributed by atoms with Crippen LogP contribution in [-0.2, 0) is 4.79 Å². The van der Waals surface area contributed by atoms with Crippen LogP contribution < -0.4 is 15.0 Å². The zero-order valence-corrected chi connectivity index (χ0v) is 15.4. The van der Waals surface area contributed by atoms with Crippen LogP contribution in [0.15, 0.2) is 42.5 Å². The maximum Gasteiger partial charge on any atom is 0.251 e. The molecule has 25 heavy (non-hydrogen) atoms. The molecule has 0 saturated carbocycles. The van der Waals surface area contributed by atoms with Crippen molar-refractivity contribution in [3.05, 3.63) is 58.1 Å². The summed E-state index contributed by atoms with van der Waals surface area (Å²) in [4.78, 5) is 25.6. The molecule has 7 heteroatoms. The number of rotatable bonds is 6. The van der Waals surface area contributed by atoms with E-state index in [9.17, 15) is 9.59 Å². The number of ether oxygens (including phenoxy) is 1. The summed E-state index contributed by atoms with van der Waals surface area (Å²) in [6.45, 7) is 2.00. The van der Waals surface area contributed by atoms with Crippen LogP contribution in [0.5, 0.6) is 5.75 Å². The maximum absolute atomic E-state index is 12.1. The largest absolute Gasteiger partial charge is 0.495 e. The molecular formula is C18H18Cl2N2O3. The quantitative estimate of drug-likeness (QED) is 0.829. The van der Waals surface area contributed by atoms with Gasteiger partial charge in [0.25, 0.3) is 5.91 Å². The van der Waals surface area contributed by atoms with E-state index in [-0.39, 0.29) is 24.9 Å². The van der Waals surface area contributed by atoms with Crippen molar-refractivity contribution in [2.75, 3.05) is 25.1 Å².